The number of rotatable bonds is 5. The zero-order valence-electron chi connectivity index (χ0n) is 11.6. The summed E-state index contributed by atoms with van der Waals surface area (Å²) in [6, 6.07) is 0.424. The highest BCUT2D eigenvalue weighted by Gasteiger charge is 2.24. The third-order valence-corrected chi connectivity index (χ3v) is 4.87. The molecule has 1 saturated carbocycles. The van der Waals surface area contributed by atoms with Crippen LogP contribution in [0.1, 0.15) is 60.8 Å². The molecule has 1 fully saturated rings. The molecule has 106 valence electrons. The number of aromatic carboxylic acids is 1. The van der Waals surface area contributed by atoms with Crippen LogP contribution in [0.15, 0.2) is 0 Å². The van der Waals surface area contributed by atoms with Crippen LogP contribution in [0.3, 0.4) is 0 Å². The molecule has 0 aliphatic heterocycles. The van der Waals surface area contributed by atoms with Crippen molar-refractivity contribution in [1.82, 2.24) is 4.98 Å². The van der Waals surface area contributed by atoms with E-state index < -0.39 is 5.97 Å². The monoisotopic (exact) mass is 282 g/mol. The maximum Gasteiger partial charge on any atom is 0.355 e. The van der Waals surface area contributed by atoms with Crippen molar-refractivity contribution in [1.29, 1.82) is 0 Å². The van der Waals surface area contributed by atoms with Gasteiger partial charge in [0.1, 0.15) is 0 Å². The van der Waals surface area contributed by atoms with Gasteiger partial charge in [-0.3, -0.25) is 0 Å². The molecule has 0 amide bonds. The molecule has 0 saturated heterocycles. The molecule has 1 atom stereocenters. The molecule has 0 aromatic carbocycles. The molecule has 5 heteroatoms. The molecule has 2 N–H and O–H groups in total. The van der Waals surface area contributed by atoms with Gasteiger partial charge in [-0.15, -0.1) is 11.3 Å². The number of anilines is 1. The van der Waals surface area contributed by atoms with Crippen molar-refractivity contribution in [2.24, 2.45) is 5.92 Å². The first-order chi connectivity index (χ1) is 9.11. The smallest absolute Gasteiger partial charge is 0.355 e. The average Bonchev–Trinajstić information content (AvgIpc) is 2.78. The van der Waals surface area contributed by atoms with Gasteiger partial charge in [0.05, 0.1) is 0 Å². The molecule has 2 rings (SSSR count). The van der Waals surface area contributed by atoms with E-state index in [2.05, 4.69) is 17.2 Å². The Morgan fingerprint density at radius 3 is 2.68 bits per heavy atom. The summed E-state index contributed by atoms with van der Waals surface area (Å²) in [7, 11) is 0. The highest BCUT2D eigenvalue weighted by molar-refractivity contribution is 7.15. The number of aromatic nitrogens is 1. The van der Waals surface area contributed by atoms with Gasteiger partial charge in [-0.1, -0.05) is 26.2 Å². The van der Waals surface area contributed by atoms with Crippen LogP contribution in [-0.4, -0.2) is 22.1 Å². The summed E-state index contributed by atoms with van der Waals surface area (Å²) in [6.07, 6.45) is 7.61. The maximum atomic E-state index is 11.0. The van der Waals surface area contributed by atoms with Crippen molar-refractivity contribution in [2.45, 2.75) is 58.4 Å². The third kappa shape index (κ3) is 3.47. The highest BCUT2D eigenvalue weighted by atomic mass is 32.1. The van der Waals surface area contributed by atoms with Crippen molar-refractivity contribution < 1.29 is 9.90 Å². The van der Waals surface area contributed by atoms with Gasteiger partial charge >= 0.3 is 5.97 Å². The van der Waals surface area contributed by atoms with Crippen LogP contribution in [0, 0.1) is 12.8 Å². The number of hydrogen-bond donors (Lipinski definition) is 2. The van der Waals surface area contributed by atoms with Gasteiger partial charge in [-0.05, 0) is 32.1 Å². The lowest BCUT2D eigenvalue weighted by Gasteiger charge is -2.30. The van der Waals surface area contributed by atoms with Crippen molar-refractivity contribution in [3.8, 4) is 0 Å². The van der Waals surface area contributed by atoms with Crippen LogP contribution in [0.4, 0.5) is 5.13 Å². The van der Waals surface area contributed by atoms with E-state index in [4.69, 9.17) is 5.11 Å². The Labute approximate surface area is 118 Å². The van der Waals surface area contributed by atoms with Gasteiger partial charge in [0.2, 0.25) is 0 Å². The van der Waals surface area contributed by atoms with Crippen LogP contribution in [0.2, 0.25) is 0 Å². The first-order valence-corrected chi connectivity index (χ1v) is 7.90. The van der Waals surface area contributed by atoms with Crippen LogP contribution < -0.4 is 5.32 Å². The standard InChI is InChI=1S/C14H22N2O2S/c1-3-11(10-7-5-4-6-8-10)15-14-16-12(13(17)18)9(2)19-14/h10-11H,3-8H2,1-2H3,(H,15,16)(H,17,18). The summed E-state index contributed by atoms with van der Waals surface area (Å²) in [5.74, 6) is -0.233. The van der Waals surface area contributed by atoms with E-state index in [0.29, 0.717) is 12.0 Å². The Kier molecular flexibility index (Phi) is 4.80. The second kappa shape index (κ2) is 6.37. The topological polar surface area (TPSA) is 62.2 Å². The van der Waals surface area contributed by atoms with Crippen LogP contribution in [-0.2, 0) is 0 Å². The maximum absolute atomic E-state index is 11.0. The quantitative estimate of drug-likeness (QED) is 0.859. The molecule has 0 radical (unpaired) electrons. The van der Waals surface area contributed by atoms with E-state index in [1.165, 1.54) is 43.4 Å². The van der Waals surface area contributed by atoms with Gasteiger partial charge in [0.15, 0.2) is 10.8 Å². The van der Waals surface area contributed by atoms with E-state index in [1.54, 1.807) is 0 Å². The number of thiazole rings is 1. The molecule has 4 nitrogen and oxygen atoms in total. The number of carboxylic acids is 1. The fraction of sp³-hybridized carbons (Fsp3) is 0.714. The summed E-state index contributed by atoms with van der Waals surface area (Å²) in [5, 5.41) is 13.3. The molecular weight excluding hydrogens is 260 g/mol. The Bertz CT molecular complexity index is 439. The minimum Gasteiger partial charge on any atom is -0.476 e. The number of hydrogen-bond acceptors (Lipinski definition) is 4. The number of nitrogens with one attached hydrogen (secondary N) is 1. The summed E-state index contributed by atoms with van der Waals surface area (Å²) in [5.41, 5.74) is 0.186. The Morgan fingerprint density at radius 1 is 1.47 bits per heavy atom. The third-order valence-electron chi connectivity index (χ3n) is 3.97. The minimum absolute atomic E-state index is 0.186. The molecule has 19 heavy (non-hydrogen) atoms. The van der Waals surface area contributed by atoms with E-state index >= 15 is 0 Å². The van der Waals surface area contributed by atoms with Gasteiger partial charge in [-0.2, -0.15) is 0 Å². The van der Waals surface area contributed by atoms with Crippen LogP contribution in [0.5, 0.6) is 0 Å². The SMILES string of the molecule is CCC(Nc1nc(C(=O)O)c(C)s1)C1CCCCC1. The molecule has 1 aliphatic carbocycles. The molecule has 1 aliphatic rings. The van der Waals surface area contributed by atoms with E-state index in [9.17, 15) is 4.79 Å². The largest absolute Gasteiger partial charge is 0.476 e. The zero-order chi connectivity index (χ0) is 13.8. The Morgan fingerprint density at radius 2 is 2.16 bits per heavy atom. The molecule has 0 spiro atoms. The highest BCUT2D eigenvalue weighted by Crippen LogP contribution is 2.31. The molecule has 0 bridgehead atoms. The van der Waals surface area contributed by atoms with Gasteiger partial charge in [0.25, 0.3) is 0 Å². The number of aryl methyl sites for hydroxylation is 1. The fourth-order valence-electron chi connectivity index (χ4n) is 2.90. The molecule has 1 heterocycles. The van der Waals surface area contributed by atoms with Gasteiger partial charge in [0, 0.05) is 10.9 Å². The molecular formula is C14H22N2O2S. The second-order valence-corrected chi connectivity index (χ2v) is 6.49. The number of carboxylic acid groups (broad SMARTS) is 1. The van der Waals surface area contributed by atoms with Crippen molar-refractivity contribution in [2.75, 3.05) is 5.32 Å². The molecule has 1 unspecified atom stereocenters. The number of carbonyl (C=O) groups is 1. The summed E-state index contributed by atoms with van der Waals surface area (Å²) in [6.45, 7) is 4.00. The lowest BCUT2D eigenvalue weighted by atomic mass is 9.83. The van der Waals surface area contributed by atoms with E-state index in [1.807, 2.05) is 6.92 Å². The lowest BCUT2D eigenvalue weighted by molar-refractivity contribution is 0.0690. The number of nitrogens with zero attached hydrogens (tertiary/aromatic N) is 1. The van der Waals surface area contributed by atoms with Gasteiger partial charge in [-0.25, -0.2) is 9.78 Å². The second-order valence-electron chi connectivity index (χ2n) is 5.29. The van der Waals surface area contributed by atoms with Crippen molar-refractivity contribution in [3.63, 3.8) is 0 Å². The Hall–Kier alpha value is -1.10. The fourth-order valence-corrected chi connectivity index (χ4v) is 3.77. The van der Waals surface area contributed by atoms with E-state index in [0.717, 1.165) is 16.4 Å². The van der Waals surface area contributed by atoms with E-state index in [-0.39, 0.29) is 5.69 Å². The lowest BCUT2D eigenvalue weighted by Crippen LogP contribution is -2.30. The first kappa shape index (κ1) is 14.3. The summed E-state index contributed by atoms with van der Waals surface area (Å²) < 4.78 is 0. The molecule has 1 aromatic heterocycles. The first-order valence-electron chi connectivity index (χ1n) is 7.09. The Balaban J connectivity index is 2.05. The minimum atomic E-state index is -0.937. The summed E-state index contributed by atoms with van der Waals surface area (Å²) >= 11 is 1.45. The zero-order valence-corrected chi connectivity index (χ0v) is 12.4. The summed E-state index contributed by atoms with van der Waals surface area (Å²) in [4.78, 5) is 16.0. The van der Waals surface area contributed by atoms with Crippen LogP contribution >= 0.6 is 11.3 Å². The average molecular weight is 282 g/mol. The van der Waals surface area contributed by atoms with Crippen LogP contribution in [0.25, 0.3) is 0 Å². The predicted molar refractivity (Wildman–Crippen MR) is 78.1 cm³/mol. The predicted octanol–water partition coefficient (Wildman–Crippen LogP) is 3.92. The van der Waals surface area contributed by atoms with Crippen molar-refractivity contribution in [3.05, 3.63) is 10.6 Å². The molecule has 1 aromatic rings. The van der Waals surface area contributed by atoms with Crippen molar-refractivity contribution >= 4 is 22.4 Å². The van der Waals surface area contributed by atoms with Gasteiger partial charge < -0.3 is 10.4 Å². The normalized spacial score (nSPS) is 18.2.